The van der Waals surface area contributed by atoms with Gasteiger partial charge >= 0.3 is 0 Å². The molecule has 3 rings (SSSR count). The number of rotatable bonds is 8. The lowest BCUT2D eigenvalue weighted by molar-refractivity contribution is 0.304. The van der Waals surface area contributed by atoms with Crippen LogP contribution < -0.4 is 14.7 Å². The molecule has 0 aliphatic rings. The van der Waals surface area contributed by atoms with E-state index in [1.165, 1.54) is 0 Å². The third-order valence-corrected chi connectivity index (χ3v) is 5.98. The molecule has 0 radical (unpaired) electrons. The molecule has 0 spiro atoms. The molecule has 166 valence electrons. The summed E-state index contributed by atoms with van der Waals surface area (Å²) in [5.74, 6) is 0. The van der Waals surface area contributed by atoms with Gasteiger partial charge in [-0.3, -0.25) is 0 Å². The SMILES string of the molecule is CN(C)c1ccc(C(C#N)(c2ccc(N(C)C)cc2)c2ccc(N(C)CCO)cc2)cc1. The molecule has 0 atom stereocenters. The number of benzene rings is 3. The second-order valence-electron chi connectivity index (χ2n) is 8.44. The Morgan fingerprint density at radius 1 is 0.656 bits per heavy atom. The van der Waals surface area contributed by atoms with E-state index in [9.17, 15) is 10.4 Å². The fourth-order valence-corrected chi connectivity index (χ4v) is 3.96. The highest BCUT2D eigenvalue weighted by molar-refractivity contribution is 5.62. The minimum Gasteiger partial charge on any atom is -0.395 e. The Bertz CT molecular complexity index is 997. The first-order valence-corrected chi connectivity index (χ1v) is 10.7. The van der Waals surface area contributed by atoms with Crippen LogP contribution in [0.2, 0.25) is 0 Å². The lowest BCUT2D eigenvalue weighted by atomic mass is 9.70. The number of nitriles is 1. The third kappa shape index (κ3) is 4.42. The Labute approximate surface area is 191 Å². The zero-order valence-corrected chi connectivity index (χ0v) is 19.6. The number of hydrogen-bond acceptors (Lipinski definition) is 5. The summed E-state index contributed by atoms with van der Waals surface area (Å²) in [5.41, 5.74) is 5.01. The lowest BCUT2D eigenvalue weighted by Gasteiger charge is -2.30. The molecule has 0 amide bonds. The molecule has 3 aromatic carbocycles. The van der Waals surface area contributed by atoms with Crippen LogP contribution in [0.15, 0.2) is 72.8 Å². The lowest BCUT2D eigenvalue weighted by Crippen LogP contribution is -2.28. The molecule has 0 saturated heterocycles. The summed E-state index contributed by atoms with van der Waals surface area (Å²) in [6.07, 6.45) is 0. The van der Waals surface area contributed by atoms with E-state index in [4.69, 9.17) is 0 Å². The number of likely N-dealkylation sites (N-methyl/N-ethyl adjacent to an activating group) is 1. The van der Waals surface area contributed by atoms with Crippen molar-refractivity contribution >= 4 is 17.1 Å². The molecule has 0 aliphatic heterocycles. The second kappa shape index (κ2) is 9.76. The van der Waals surface area contributed by atoms with E-state index in [1.807, 2.05) is 88.7 Å². The van der Waals surface area contributed by atoms with Crippen molar-refractivity contribution in [1.29, 1.82) is 5.26 Å². The van der Waals surface area contributed by atoms with Crippen molar-refractivity contribution in [3.05, 3.63) is 89.5 Å². The normalized spacial score (nSPS) is 11.0. The predicted octanol–water partition coefficient (Wildman–Crippen LogP) is 4.11. The van der Waals surface area contributed by atoms with Crippen molar-refractivity contribution in [2.45, 2.75) is 5.41 Å². The summed E-state index contributed by atoms with van der Waals surface area (Å²) in [6.45, 7) is 0.650. The first-order valence-electron chi connectivity index (χ1n) is 10.7. The van der Waals surface area contributed by atoms with Gasteiger partial charge in [0, 0.05) is 58.8 Å². The molecule has 0 saturated carbocycles. The zero-order chi connectivity index (χ0) is 23.3. The third-order valence-electron chi connectivity index (χ3n) is 5.98. The van der Waals surface area contributed by atoms with Gasteiger partial charge < -0.3 is 19.8 Å². The molecule has 5 heteroatoms. The summed E-state index contributed by atoms with van der Waals surface area (Å²) in [4.78, 5) is 6.10. The maximum Gasteiger partial charge on any atom is 0.132 e. The Balaban J connectivity index is 2.17. The largest absolute Gasteiger partial charge is 0.395 e. The van der Waals surface area contributed by atoms with E-state index in [0.717, 1.165) is 33.8 Å². The van der Waals surface area contributed by atoms with Crippen molar-refractivity contribution < 1.29 is 5.11 Å². The van der Waals surface area contributed by atoms with Gasteiger partial charge in [0.05, 0.1) is 12.7 Å². The van der Waals surface area contributed by atoms with Crippen LogP contribution in [0.25, 0.3) is 0 Å². The summed E-state index contributed by atoms with van der Waals surface area (Å²) in [5, 5.41) is 19.9. The smallest absolute Gasteiger partial charge is 0.132 e. The topological polar surface area (TPSA) is 53.7 Å². The van der Waals surface area contributed by atoms with E-state index in [2.05, 4.69) is 40.1 Å². The van der Waals surface area contributed by atoms with E-state index >= 15 is 0 Å². The van der Waals surface area contributed by atoms with Gasteiger partial charge in [-0.15, -0.1) is 0 Å². The van der Waals surface area contributed by atoms with Gasteiger partial charge in [-0.25, -0.2) is 0 Å². The summed E-state index contributed by atoms with van der Waals surface area (Å²) in [6, 6.07) is 27.1. The summed E-state index contributed by atoms with van der Waals surface area (Å²) >= 11 is 0. The van der Waals surface area contributed by atoms with Gasteiger partial charge in [-0.05, 0) is 53.1 Å². The van der Waals surface area contributed by atoms with Gasteiger partial charge in [0.15, 0.2) is 0 Å². The highest BCUT2D eigenvalue weighted by Gasteiger charge is 2.37. The number of anilines is 3. The van der Waals surface area contributed by atoms with Gasteiger partial charge in [0.1, 0.15) is 5.41 Å². The van der Waals surface area contributed by atoms with Crippen LogP contribution in [-0.2, 0) is 5.41 Å². The number of aliphatic hydroxyl groups is 1. The van der Waals surface area contributed by atoms with Crippen molar-refractivity contribution in [1.82, 2.24) is 0 Å². The van der Waals surface area contributed by atoms with Crippen molar-refractivity contribution in [2.24, 2.45) is 0 Å². The first-order chi connectivity index (χ1) is 15.3. The zero-order valence-electron chi connectivity index (χ0n) is 19.6. The highest BCUT2D eigenvalue weighted by atomic mass is 16.3. The maximum absolute atomic E-state index is 10.6. The minimum absolute atomic E-state index is 0.0941. The van der Waals surface area contributed by atoms with Gasteiger partial charge in [-0.2, -0.15) is 5.26 Å². The molecule has 0 heterocycles. The predicted molar refractivity (Wildman–Crippen MR) is 134 cm³/mol. The first kappa shape index (κ1) is 23.2. The standard InChI is InChI=1S/C27H32N4O/c1-29(2)24-12-6-21(7-13-24)27(20-28,22-8-14-25(15-9-22)30(3)4)23-10-16-26(17-11-23)31(5)18-19-32/h6-17,32H,18-19H2,1-5H3. The average Bonchev–Trinajstić information content (AvgIpc) is 2.81. The van der Waals surface area contributed by atoms with Gasteiger partial charge in [-0.1, -0.05) is 36.4 Å². The fraction of sp³-hybridized carbons (Fsp3) is 0.296. The number of aliphatic hydroxyl groups excluding tert-OH is 1. The molecule has 32 heavy (non-hydrogen) atoms. The van der Waals surface area contributed by atoms with E-state index < -0.39 is 5.41 Å². The molecular weight excluding hydrogens is 396 g/mol. The number of nitrogens with zero attached hydrogens (tertiary/aromatic N) is 4. The highest BCUT2D eigenvalue weighted by Crippen LogP contribution is 2.40. The molecule has 0 aromatic heterocycles. The molecular formula is C27H32N4O. The van der Waals surface area contributed by atoms with E-state index in [-0.39, 0.29) is 6.61 Å². The van der Waals surface area contributed by atoms with Crippen LogP contribution in [0.3, 0.4) is 0 Å². The van der Waals surface area contributed by atoms with Crippen molar-refractivity contribution in [3.8, 4) is 6.07 Å². The Morgan fingerprint density at radius 3 is 1.28 bits per heavy atom. The van der Waals surface area contributed by atoms with Gasteiger partial charge in [0.2, 0.25) is 0 Å². The molecule has 3 aromatic rings. The molecule has 0 unspecified atom stereocenters. The Morgan fingerprint density at radius 2 is 1.00 bits per heavy atom. The van der Waals surface area contributed by atoms with Crippen LogP contribution in [0.1, 0.15) is 16.7 Å². The molecule has 5 nitrogen and oxygen atoms in total. The Kier molecular flexibility index (Phi) is 7.07. The van der Waals surface area contributed by atoms with Gasteiger partial charge in [0.25, 0.3) is 0 Å². The fourth-order valence-electron chi connectivity index (χ4n) is 3.96. The molecule has 0 aliphatic carbocycles. The Hall–Kier alpha value is -3.49. The number of hydrogen-bond donors (Lipinski definition) is 1. The van der Waals surface area contributed by atoms with Crippen molar-refractivity contribution in [3.63, 3.8) is 0 Å². The van der Waals surface area contributed by atoms with Crippen LogP contribution in [0.4, 0.5) is 17.1 Å². The molecule has 0 bridgehead atoms. The summed E-state index contributed by atoms with van der Waals surface area (Å²) in [7, 11) is 9.98. The quantitative estimate of drug-likeness (QED) is 0.548. The second-order valence-corrected chi connectivity index (χ2v) is 8.44. The minimum atomic E-state index is -0.941. The van der Waals surface area contributed by atoms with E-state index in [1.54, 1.807) is 0 Å². The van der Waals surface area contributed by atoms with Crippen LogP contribution in [-0.4, -0.2) is 53.5 Å². The van der Waals surface area contributed by atoms with E-state index in [0.29, 0.717) is 6.54 Å². The monoisotopic (exact) mass is 428 g/mol. The molecule has 1 N–H and O–H groups in total. The van der Waals surface area contributed by atoms with Crippen molar-refractivity contribution in [2.75, 3.05) is 63.1 Å². The van der Waals surface area contributed by atoms with Crippen LogP contribution in [0.5, 0.6) is 0 Å². The van der Waals surface area contributed by atoms with Crippen LogP contribution >= 0.6 is 0 Å². The summed E-state index contributed by atoms with van der Waals surface area (Å²) < 4.78 is 0. The average molecular weight is 429 g/mol. The molecule has 0 fully saturated rings. The maximum atomic E-state index is 10.6. The van der Waals surface area contributed by atoms with Crippen LogP contribution in [0, 0.1) is 11.3 Å².